The number of azo groups is 1. The normalized spacial score (nSPS) is 14.2. The average Bonchev–Trinajstić information content (AvgIpc) is 3.29. The number of aliphatic hydroxyl groups excluding tert-OH is 1. The lowest BCUT2D eigenvalue weighted by atomic mass is 10.2. The second kappa shape index (κ2) is 18.3. The van der Waals surface area contributed by atoms with Gasteiger partial charge in [-0.3, -0.25) is 0 Å². The van der Waals surface area contributed by atoms with Crippen molar-refractivity contribution in [3.05, 3.63) is 35.8 Å². The molecule has 0 saturated heterocycles. The van der Waals surface area contributed by atoms with E-state index >= 15 is 0 Å². The van der Waals surface area contributed by atoms with Gasteiger partial charge in [-0.1, -0.05) is 6.92 Å². The van der Waals surface area contributed by atoms with Crippen molar-refractivity contribution in [3.63, 3.8) is 0 Å². The molecule has 0 spiro atoms. The van der Waals surface area contributed by atoms with Crippen LogP contribution in [0.3, 0.4) is 0 Å². The number of anilines is 1. The third-order valence-corrected chi connectivity index (χ3v) is 6.32. The van der Waals surface area contributed by atoms with Gasteiger partial charge < -0.3 is 29.0 Å². The molecule has 3 atom stereocenters. The largest absolute Gasteiger partial charge is 0.408 e. The summed E-state index contributed by atoms with van der Waals surface area (Å²) in [6.07, 6.45) is 3.31. The first-order valence-electron chi connectivity index (χ1n) is 13.2. The fourth-order valence-electron chi connectivity index (χ4n) is 3.33. The van der Waals surface area contributed by atoms with Gasteiger partial charge in [-0.25, -0.2) is 4.57 Å². The summed E-state index contributed by atoms with van der Waals surface area (Å²) >= 11 is 1.55. The van der Waals surface area contributed by atoms with Gasteiger partial charge in [0.25, 0.3) is 0 Å². The molecule has 0 amide bonds. The molecule has 2 aromatic rings. The minimum Gasteiger partial charge on any atom is -0.393 e. The number of benzene rings is 1. The predicted molar refractivity (Wildman–Crippen MR) is 147 cm³/mol. The van der Waals surface area contributed by atoms with Gasteiger partial charge in [0.1, 0.15) is 11.9 Å². The number of aliphatic hydroxyl groups is 1. The number of ether oxygens (including phenoxy) is 4. The Balaban J connectivity index is 1.87. The van der Waals surface area contributed by atoms with Crippen molar-refractivity contribution in [2.45, 2.75) is 58.8 Å². The SMILES string of the molecule is CCCOC(C)COCCN(CCOCC(C)OCCC(C)O)c1ccc(N=Nc2scc[n+]2C)cc1. The average molecular weight is 538 g/mol. The van der Waals surface area contributed by atoms with Gasteiger partial charge in [-0.05, 0) is 74.3 Å². The molecule has 1 aromatic heterocycles. The molecule has 0 aliphatic carbocycles. The Hall–Kier alpha value is -1.95. The van der Waals surface area contributed by atoms with Crippen molar-refractivity contribution < 1.29 is 28.6 Å². The minimum absolute atomic E-state index is 0.0186. The summed E-state index contributed by atoms with van der Waals surface area (Å²) in [4.78, 5) is 2.25. The maximum atomic E-state index is 9.36. The first kappa shape index (κ1) is 31.3. The van der Waals surface area contributed by atoms with Crippen LogP contribution in [0, 0.1) is 0 Å². The van der Waals surface area contributed by atoms with E-state index < -0.39 is 0 Å². The van der Waals surface area contributed by atoms with Gasteiger partial charge >= 0.3 is 5.13 Å². The highest BCUT2D eigenvalue weighted by Gasteiger charge is 2.11. The van der Waals surface area contributed by atoms with Crippen molar-refractivity contribution in [3.8, 4) is 0 Å². The van der Waals surface area contributed by atoms with Gasteiger partial charge in [0.15, 0.2) is 0 Å². The zero-order valence-corrected chi connectivity index (χ0v) is 23.9. The molecule has 0 saturated carbocycles. The van der Waals surface area contributed by atoms with Crippen LogP contribution < -0.4 is 9.47 Å². The number of aryl methyl sites for hydroxylation is 1. The van der Waals surface area contributed by atoms with E-state index in [0.29, 0.717) is 39.5 Å². The first-order valence-corrected chi connectivity index (χ1v) is 14.0. The van der Waals surface area contributed by atoms with E-state index in [-0.39, 0.29) is 18.3 Å². The highest BCUT2D eigenvalue weighted by molar-refractivity contribution is 7.12. The smallest absolute Gasteiger partial charge is 0.393 e. The van der Waals surface area contributed by atoms with Crippen LogP contribution in [0.25, 0.3) is 0 Å². The molecule has 3 unspecified atom stereocenters. The number of hydrogen-bond acceptors (Lipinski definition) is 9. The Morgan fingerprint density at radius 1 is 0.919 bits per heavy atom. The van der Waals surface area contributed by atoms with Gasteiger partial charge in [-0.15, -0.1) is 0 Å². The lowest BCUT2D eigenvalue weighted by Crippen LogP contribution is -2.32. The molecule has 1 N–H and O–H groups in total. The highest BCUT2D eigenvalue weighted by Crippen LogP contribution is 2.22. The molecule has 9 nitrogen and oxygen atoms in total. The number of thiazole rings is 1. The van der Waals surface area contributed by atoms with Crippen molar-refractivity contribution in [2.75, 3.05) is 57.6 Å². The highest BCUT2D eigenvalue weighted by atomic mass is 32.1. The Labute approximate surface area is 226 Å². The zero-order valence-electron chi connectivity index (χ0n) is 23.0. The summed E-state index contributed by atoms with van der Waals surface area (Å²) in [6.45, 7) is 12.9. The number of hydrogen-bond donors (Lipinski definition) is 1. The summed E-state index contributed by atoms with van der Waals surface area (Å²) in [6, 6.07) is 8.05. The van der Waals surface area contributed by atoms with Gasteiger partial charge in [0.05, 0.1) is 56.9 Å². The van der Waals surface area contributed by atoms with Crippen LogP contribution in [-0.4, -0.2) is 76.1 Å². The standard InChI is InChI=1S/C27H45N4O5S/c1-6-15-35-23(3)20-33-17-12-31(13-18-34-21-24(4)36-16-11-22(2)32)26-9-7-25(8-10-26)28-29-27-30(5)14-19-37-27/h7-10,14,19,22-24,32H,6,11-13,15-18,20-21H2,1-5H3/q+1. The van der Waals surface area contributed by atoms with E-state index in [1.54, 1.807) is 18.3 Å². The van der Waals surface area contributed by atoms with Crippen LogP contribution in [0.4, 0.5) is 16.5 Å². The molecular formula is C27H45N4O5S+. The molecule has 0 radical (unpaired) electrons. The molecule has 0 fully saturated rings. The topological polar surface area (TPSA) is 89.0 Å². The number of aromatic nitrogens is 1. The van der Waals surface area contributed by atoms with Crippen molar-refractivity contribution in [1.82, 2.24) is 0 Å². The quantitative estimate of drug-likeness (QED) is 0.148. The molecule has 0 bridgehead atoms. The summed E-state index contributed by atoms with van der Waals surface area (Å²) < 4.78 is 25.1. The van der Waals surface area contributed by atoms with Crippen LogP contribution in [0.2, 0.25) is 0 Å². The van der Waals surface area contributed by atoms with Crippen molar-refractivity contribution in [2.24, 2.45) is 17.3 Å². The van der Waals surface area contributed by atoms with E-state index in [1.807, 2.05) is 49.2 Å². The Bertz CT molecular complexity index is 878. The molecule has 0 aliphatic heterocycles. The lowest BCUT2D eigenvalue weighted by molar-refractivity contribution is -0.654. The molecule has 1 heterocycles. The van der Waals surface area contributed by atoms with Crippen LogP contribution in [-0.2, 0) is 26.0 Å². The molecule has 0 aliphatic rings. The molecule has 10 heteroatoms. The van der Waals surface area contributed by atoms with Crippen LogP contribution in [0.5, 0.6) is 0 Å². The van der Waals surface area contributed by atoms with E-state index in [1.165, 1.54) is 0 Å². The van der Waals surface area contributed by atoms with Gasteiger partial charge in [0.2, 0.25) is 0 Å². The first-order chi connectivity index (χ1) is 17.9. The summed E-state index contributed by atoms with van der Waals surface area (Å²) in [5.41, 5.74) is 1.87. The monoisotopic (exact) mass is 537 g/mol. The molecule has 1 aromatic carbocycles. The van der Waals surface area contributed by atoms with Crippen LogP contribution in [0.15, 0.2) is 46.1 Å². The third kappa shape index (κ3) is 13.4. The fraction of sp³-hybridized carbons (Fsp3) is 0.667. The van der Waals surface area contributed by atoms with Gasteiger partial charge in [-0.2, -0.15) is 0 Å². The molecule has 208 valence electrons. The van der Waals surface area contributed by atoms with Crippen LogP contribution >= 0.6 is 11.3 Å². The summed E-state index contributed by atoms with van der Waals surface area (Å²) in [5.74, 6) is 0. The molecule has 2 rings (SSSR count). The van der Waals surface area contributed by atoms with Crippen molar-refractivity contribution >= 4 is 27.8 Å². The predicted octanol–water partition coefficient (Wildman–Crippen LogP) is 4.82. The van der Waals surface area contributed by atoms with Crippen molar-refractivity contribution in [1.29, 1.82) is 0 Å². The summed E-state index contributed by atoms with van der Waals surface area (Å²) in [7, 11) is 1.95. The molecular weight excluding hydrogens is 492 g/mol. The Morgan fingerprint density at radius 3 is 2.08 bits per heavy atom. The zero-order chi connectivity index (χ0) is 26.9. The molecule has 37 heavy (non-hydrogen) atoms. The second-order valence-electron chi connectivity index (χ2n) is 9.15. The van der Waals surface area contributed by atoms with Gasteiger partial charge in [0, 0.05) is 37.4 Å². The van der Waals surface area contributed by atoms with E-state index in [0.717, 1.165) is 42.6 Å². The summed E-state index contributed by atoms with van der Waals surface area (Å²) in [5, 5.41) is 20.9. The van der Waals surface area contributed by atoms with E-state index in [9.17, 15) is 5.11 Å². The Kier molecular flexibility index (Phi) is 15.5. The minimum atomic E-state index is -0.350. The van der Waals surface area contributed by atoms with E-state index in [4.69, 9.17) is 18.9 Å². The Morgan fingerprint density at radius 2 is 1.54 bits per heavy atom. The maximum absolute atomic E-state index is 9.36. The number of nitrogens with zero attached hydrogens (tertiary/aromatic N) is 4. The fourth-order valence-corrected chi connectivity index (χ4v) is 4.01. The maximum Gasteiger partial charge on any atom is 0.408 e. The lowest BCUT2D eigenvalue weighted by Gasteiger charge is -2.25. The third-order valence-electron chi connectivity index (χ3n) is 5.49. The second-order valence-corrected chi connectivity index (χ2v) is 10.0. The van der Waals surface area contributed by atoms with Crippen LogP contribution in [0.1, 0.15) is 40.5 Å². The van der Waals surface area contributed by atoms with E-state index in [2.05, 4.69) is 34.2 Å². The number of rotatable bonds is 20.